The Morgan fingerprint density at radius 3 is 2.90 bits per heavy atom. The van der Waals surface area contributed by atoms with E-state index in [0.717, 1.165) is 29.7 Å². The van der Waals surface area contributed by atoms with Gasteiger partial charge in [0.1, 0.15) is 6.04 Å². The fourth-order valence-electron chi connectivity index (χ4n) is 2.78. The summed E-state index contributed by atoms with van der Waals surface area (Å²) in [6, 6.07) is 1.56. The molecule has 1 unspecified atom stereocenters. The first-order valence-corrected chi connectivity index (χ1v) is 7.74. The maximum atomic E-state index is 12.2. The highest BCUT2D eigenvalue weighted by atomic mass is 32.1. The van der Waals surface area contributed by atoms with Crippen LogP contribution in [0, 0.1) is 0 Å². The Bertz CT molecular complexity index is 538. The number of carbonyl (C=O) groups is 2. The lowest BCUT2D eigenvalue weighted by Crippen LogP contribution is -2.45. The zero-order valence-electron chi connectivity index (χ0n) is 11.4. The van der Waals surface area contributed by atoms with Crippen LogP contribution in [0.2, 0.25) is 0 Å². The molecule has 1 saturated carbocycles. The molecule has 20 heavy (non-hydrogen) atoms. The van der Waals surface area contributed by atoms with Crippen LogP contribution in [-0.2, 0) is 16.0 Å². The summed E-state index contributed by atoms with van der Waals surface area (Å²) in [5.41, 5.74) is 0.857. The molecule has 3 rings (SSSR count). The second kappa shape index (κ2) is 5.18. The minimum atomic E-state index is -0.869. The largest absolute Gasteiger partial charge is 0.480 e. The van der Waals surface area contributed by atoms with Gasteiger partial charge in [-0.25, -0.2) is 0 Å². The number of rotatable bonds is 4. The molecule has 0 spiro atoms. The van der Waals surface area contributed by atoms with E-state index >= 15 is 0 Å². The van der Waals surface area contributed by atoms with E-state index in [-0.39, 0.29) is 12.5 Å². The van der Waals surface area contributed by atoms with Crippen molar-refractivity contribution in [1.29, 1.82) is 0 Å². The van der Waals surface area contributed by atoms with E-state index < -0.39 is 12.0 Å². The van der Waals surface area contributed by atoms with Crippen molar-refractivity contribution in [3.05, 3.63) is 21.9 Å². The van der Waals surface area contributed by atoms with Crippen molar-refractivity contribution in [2.75, 3.05) is 20.1 Å². The van der Waals surface area contributed by atoms with Crippen LogP contribution in [0.15, 0.2) is 11.4 Å². The first kappa shape index (κ1) is 13.6. The fraction of sp³-hybridized carbons (Fsp3) is 0.571. The number of fused-ring (bicyclic) bond motifs is 1. The van der Waals surface area contributed by atoms with Gasteiger partial charge in [0.15, 0.2) is 0 Å². The van der Waals surface area contributed by atoms with Crippen molar-refractivity contribution in [2.45, 2.75) is 31.3 Å². The third kappa shape index (κ3) is 2.45. The van der Waals surface area contributed by atoms with E-state index in [9.17, 15) is 14.7 Å². The smallest absolute Gasteiger partial charge is 0.325 e. The van der Waals surface area contributed by atoms with Gasteiger partial charge in [-0.2, -0.15) is 0 Å². The summed E-state index contributed by atoms with van der Waals surface area (Å²) < 4.78 is 0. The Morgan fingerprint density at radius 1 is 1.50 bits per heavy atom. The summed E-state index contributed by atoms with van der Waals surface area (Å²) in [6.07, 6.45) is 2.97. The van der Waals surface area contributed by atoms with E-state index in [1.807, 2.05) is 18.5 Å². The minimum absolute atomic E-state index is 0.0254. The number of hydrogen-bond acceptors (Lipinski definition) is 4. The third-order valence-corrected chi connectivity index (χ3v) is 5.12. The molecule has 2 heterocycles. The molecule has 1 aliphatic heterocycles. The molecule has 1 fully saturated rings. The molecule has 108 valence electrons. The molecule has 1 aromatic rings. The first-order valence-electron chi connectivity index (χ1n) is 6.86. The van der Waals surface area contributed by atoms with Gasteiger partial charge in [-0.3, -0.25) is 14.5 Å². The predicted octanol–water partition coefficient (Wildman–Crippen LogP) is 1.35. The van der Waals surface area contributed by atoms with Crippen molar-refractivity contribution in [3.8, 4) is 0 Å². The second-order valence-corrected chi connectivity index (χ2v) is 6.50. The SMILES string of the molecule is CN(C(=O)CN1CCc2sccc2C1C(=O)O)C1CC1. The zero-order valence-corrected chi connectivity index (χ0v) is 12.2. The second-order valence-electron chi connectivity index (χ2n) is 5.50. The van der Waals surface area contributed by atoms with Crippen LogP contribution < -0.4 is 0 Å². The maximum absolute atomic E-state index is 12.2. The highest BCUT2D eigenvalue weighted by molar-refractivity contribution is 7.10. The van der Waals surface area contributed by atoms with Crippen LogP contribution in [0.25, 0.3) is 0 Å². The standard InChI is InChI=1S/C14H18N2O3S/c1-15(9-2-3-9)12(17)8-16-6-4-11-10(5-7-20-11)13(16)14(18)19/h5,7,9,13H,2-4,6,8H2,1H3,(H,18,19). The minimum Gasteiger partial charge on any atom is -0.480 e. The van der Waals surface area contributed by atoms with Gasteiger partial charge in [-0.15, -0.1) is 11.3 Å². The van der Waals surface area contributed by atoms with Crippen LogP contribution in [0.4, 0.5) is 0 Å². The number of carboxylic acids is 1. The normalized spacial score (nSPS) is 22.4. The van der Waals surface area contributed by atoms with Gasteiger partial charge >= 0.3 is 5.97 Å². The number of carboxylic acid groups (broad SMARTS) is 1. The van der Waals surface area contributed by atoms with E-state index in [1.165, 1.54) is 0 Å². The van der Waals surface area contributed by atoms with Crippen molar-refractivity contribution >= 4 is 23.2 Å². The van der Waals surface area contributed by atoms with Gasteiger partial charge in [0.05, 0.1) is 6.54 Å². The Balaban J connectivity index is 1.75. The molecule has 5 nitrogen and oxygen atoms in total. The van der Waals surface area contributed by atoms with Gasteiger partial charge in [0, 0.05) is 24.5 Å². The number of thiophene rings is 1. The van der Waals surface area contributed by atoms with Crippen LogP contribution in [0.5, 0.6) is 0 Å². The first-order chi connectivity index (χ1) is 9.58. The summed E-state index contributed by atoms with van der Waals surface area (Å²) >= 11 is 1.60. The van der Waals surface area contributed by atoms with E-state index in [0.29, 0.717) is 12.6 Å². The van der Waals surface area contributed by atoms with Crippen LogP contribution in [0.3, 0.4) is 0 Å². The third-order valence-electron chi connectivity index (χ3n) is 4.13. The lowest BCUT2D eigenvalue weighted by atomic mass is 10.00. The molecule has 0 radical (unpaired) electrons. The molecular weight excluding hydrogens is 276 g/mol. The topological polar surface area (TPSA) is 60.9 Å². The number of hydrogen-bond donors (Lipinski definition) is 1. The van der Waals surface area contributed by atoms with E-state index in [1.54, 1.807) is 21.1 Å². The Morgan fingerprint density at radius 2 is 2.25 bits per heavy atom. The van der Waals surface area contributed by atoms with Gasteiger partial charge < -0.3 is 10.0 Å². The number of amides is 1. The van der Waals surface area contributed by atoms with Crippen molar-refractivity contribution in [2.24, 2.45) is 0 Å². The molecule has 0 bridgehead atoms. The van der Waals surface area contributed by atoms with Gasteiger partial charge in [-0.1, -0.05) is 0 Å². The van der Waals surface area contributed by atoms with E-state index in [4.69, 9.17) is 0 Å². The Hall–Kier alpha value is -1.40. The molecule has 0 saturated heterocycles. The van der Waals surface area contributed by atoms with Gasteiger partial charge in [0.25, 0.3) is 0 Å². The maximum Gasteiger partial charge on any atom is 0.325 e. The molecule has 1 N–H and O–H groups in total. The summed E-state index contributed by atoms with van der Waals surface area (Å²) in [5, 5.41) is 11.4. The van der Waals surface area contributed by atoms with Gasteiger partial charge in [-0.05, 0) is 36.3 Å². The Labute approximate surface area is 121 Å². The molecule has 0 aromatic carbocycles. The van der Waals surface area contributed by atoms with Crippen molar-refractivity contribution < 1.29 is 14.7 Å². The predicted molar refractivity (Wildman–Crippen MR) is 75.8 cm³/mol. The lowest BCUT2D eigenvalue weighted by molar-refractivity contribution is -0.145. The molecular formula is C14H18N2O3S. The van der Waals surface area contributed by atoms with Crippen LogP contribution in [-0.4, -0.2) is 53.0 Å². The Kier molecular flexibility index (Phi) is 3.52. The monoisotopic (exact) mass is 294 g/mol. The highest BCUT2D eigenvalue weighted by Crippen LogP contribution is 2.33. The summed E-state index contributed by atoms with van der Waals surface area (Å²) in [4.78, 5) is 28.5. The number of carbonyl (C=O) groups excluding carboxylic acids is 1. The average Bonchev–Trinajstić information content (AvgIpc) is 3.15. The number of likely N-dealkylation sites (N-methyl/N-ethyl adjacent to an activating group) is 1. The number of nitrogens with zero attached hydrogens (tertiary/aromatic N) is 2. The summed E-state index contributed by atoms with van der Waals surface area (Å²) in [6.45, 7) is 0.827. The van der Waals surface area contributed by atoms with Crippen molar-refractivity contribution in [1.82, 2.24) is 9.80 Å². The quantitative estimate of drug-likeness (QED) is 0.910. The van der Waals surface area contributed by atoms with E-state index in [2.05, 4.69) is 0 Å². The number of aliphatic carboxylic acids is 1. The molecule has 1 atom stereocenters. The van der Waals surface area contributed by atoms with Crippen molar-refractivity contribution in [3.63, 3.8) is 0 Å². The van der Waals surface area contributed by atoms with Gasteiger partial charge in [0.2, 0.25) is 5.91 Å². The van der Waals surface area contributed by atoms with Crippen LogP contribution in [0.1, 0.15) is 29.3 Å². The fourth-order valence-corrected chi connectivity index (χ4v) is 3.68. The van der Waals surface area contributed by atoms with Crippen LogP contribution >= 0.6 is 11.3 Å². The summed E-state index contributed by atoms with van der Waals surface area (Å²) in [5.74, 6) is -0.844. The molecule has 6 heteroatoms. The summed E-state index contributed by atoms with van der Waals surface area (Å²) in [7, 11) is 1.82. The lowest BCUT2D eigenvalue weighted by Gasteiger charge is -2.33. The average molecular weight is 294 g/mol. The molecule has 1 aliphatic carbocycles. The molecule has 1 aromatic heterocycles. The molecule has 1 amide bonds. The highest BCUT2D eigenvalue weighted by Gasteiger charge is 2.36. The molecule has 2 aliphatic rings. The zero-order chi connectivity index (χ0) is 14.3.